The first-order valence-corrected chi connectivity index (χ1v) is 10.7. The van der Waals surface area contributed by atoms with Crippen molar-refractivity contribution in [2.45, 2.75) is 20.5 Å². The van der Waals surface area contributed by atoms with E-state index >= 15 is 0 Å². The molecule has 0 amide bonds. The van der Waals surface area contributed by atoms with Crippen LogP contribution in [0.15, 0.2) is 60.0 Å². The maximum absolute atomic E-state index is 5.44. The monoisotopic (exact) mass is 456 g/mol. The molecular weight excluding hydrogens is 432 g/mol. The zero-order valence-corrected chi connectivity index (χ0v) is 19.4. The van der Waals surface area contributed by atoms with Crippen LogP contribution in [0.5, 0.6) is 11.5 Å². The Kier molecular flexibility index (Phi) is 5.59. The molecule has 0 spiro atoms. The molecule has 9 nitrogen and oxygen atoms in total. The van der Waals surface area contributed by atoms with Crippen LogP contribution in [-0.2, 0) is 11.4 Å². The molecule has 2 aromatic carbocycles. The predicted octanol–water partition coefficient (Wildman–Crippen LogP) is 4.25. The number of nitrogens with zero attached hydrogens (tertiary/aromatic N) is 6. The number of aryl methyl sites for hydroxylation is 1. The Morgan fingerprint density at radius 2 is 1.76 bits per heavy atom. The maximum Gasteiger partial charge on any atom is 0.192 e. The van der Waals surface area contributed by atoms with Crippen LogP contribution in [-0.4, -0.2) is 44.6 Å². The number of benzene rings is 2. The fourth-order valence-corrected chi connectivity index (χ4v) is 3.91. The van der Waals surface area contributed by atoms with E-state index in [-0.39, 0.29) is 6.61 Å². The van der Waals surface area contributed by atoms with Crippen molar-refractivity contribution < 1.29 is 14.3 Å². The van der Waals surface area contributed by atoms with Gasteiger partial charge in [-0.2, -0.15) is 0 Å². The van der Waals surface area contributed by atoms with Gasteiger partial charge >= 0.3 is 0 Å². The number of fused-ring (bicyclic) bond motifs is 3. The first kappa shape index (κ1) is 21.4. The molecule has 0 saturated heterocycles. The van der Waals surface area contributed by atoms with Gasteiger partial charge in [0.05, 0.1) is 31.5 Å². The zero-order valence-electron chi connectivity index (χ0n) is 19.4. The van der Waals surface area contributed by atoms with E-state index in [1.54, 1.807) is 31.3 Å². The van der Waals surface area contributed by atoms with Crippen LogP contribution >= 0.6 is 0 Å². The van der Waals surface area contributed by atoms with Crippen LogP contribution < -0.4 is 9.47 Å². The first-order chi connectivity index (χ1) is 16.6. The zero-order chi connectivity index (χ0) is 23.7. The molecule has 0 aliphatic carbocycles. The number of hydrogen-bond acceptors (Lipinski definition) is 7. The van der Waals surface area contributed by atoms with Crippen LogP contribution in [0.25, 0.3) is 22.4 Å². The number of methoxy groups -OCH3 is 2. The molecule has 5 rings (SSSR count). The summed E-state index contributed by atoms with van der Waals surface area (Å²) in [4.78, 5) is 14.8. The highest BCUT2D eigenvalue weighted by Gasteiger charge is 2.19. The second-order valence-corrected chi connectivity index (χ2v) is 7.77. The molecule has 0 aliphatic heterocycles. The standard InChI is InChI=1S/C25H24N6O3/c1-16-17(2)31(19-6-5-7-21(12-19)33-4)24-23(16)25-28-22(29-30(25)15-26-24)14-34-27-13-18-8-10-20(32-3)11-9-18/h5-13,15H,14H2,1-4H3/b27-13+. The lowest BCUT2D eigenvalue weighted by molar-refractivity contribution is 0.126. The van der Waals surface area contributed by atoms with Gasteiger partial charge in [0, 0.05) is 11.8 Å². The van der Waals surface area contributed by atoms with Gasteiger partial charge in [-0.3, -0.25) is 4.57 Å². The van der Waals surface area contributed by atoms with Crippen LogP contribution in [0.3, 0.4) is 0 Å². The quantitative estimate of drug-likeness (QED) is 0.269. The van der Waals surface area contributed by atoms with Gasteiger partial charge in [-0.05, 0) is 61.4 Å². The molecule has 0 fully saturated rings. The maximum atomic E-state index is 5.44. The highest BCUT2D eigenvalue weighted by molar-refractivity contribution is 5.95. The van der Waals surface area contributed by atoms with Gasteiger partial charge in [-0.15, -0.1) is 5.10 Å². The van der Waals surface area contributed by atoms with E-state index in [2.05, 4.69) is 33.7 Å². The lowest BCUT2D eigenvalue weighted by Gasteiger charge is -2.09. The Morgan fingerprint density at radius 3 is 2.53 bits per heavy atom. The molecule has 0 unspecified atom stereocenters. The van der Waals surface area contributed by atoms with Gasteiger partial charge in [0.2, 0.25) is 0 Å². The molecule has 3 aromatic heterocycles. The Morgan fingerprint density at radius 1 is 0.971 bits per heavy atom. The van der Waals surface area contributed by atoms with Crippen molar-refractivity contribution >= 4 is 22.9 Å². The highest BCUT2D eigenvalue weighted by atomic mass is 16.6. The molecule has 0 radical (unpaired) electrons. The Bertz CT molecular complexity index is 1500. The topological polar surface area (TPSA) is 88.1 Å². The largest absolute Gasteiger partial charge is 0.497 e. The number of oxime groups is 1. The van der Waals surface area contributed by atoms with Crippen LogP contribution in [0, 0.1) is 13.8 Å². The molecule has 34 heavy (non-hydrogen) atoms. The van der Waals surface area contributed by atoms with Crippen molar-refractivity contribution in [1.29, 1.82) is 0 Å². The second-order valence-electron chi connectivity index (χ2n) is 7.77. The van der Waals surface area contributed by atoms with E-state index < -0.39 is 0 Å². The van der Waals surface area contributed by atoms with Crippen molar-refractivity contribution in [3.8, 4) is 17.2 Å². The molecule has 172 valence electrons. The molecule has 9 heteroatoms. The van der Waals surface area contributed by atoms with E-state index in [4.69, 9.17) is 19.3 Å². The van der Waals surface area contributed by atoms with Gasteiger partial charge in [0.15, 0.2) is 23.7 Å². The predicted molar refractivity (Wildman–Crippen MR) is 129 cm³/mol. The highest BCUT2D eigenvalue weighted by Crippen LogP contribution is 2.30. The summed E-state index contributed by atoms with van der Waals surface area (Å²) in [7, 11) is 3.29. The normalized spacial score (nSPS) is 11.5. The lowest BCUT2D eigenvalue weighted by atomic mass is 10.2. The average molecular weight is 457 g/mol. The summed E-state index contributed by atoms with van der Waals surface area (Å²) >= 11 is 0. The number of ether oxygens (including phenoxy) is 2. The Hall–Kier alpha value is -4.40. The molecular formula is C25H24N6O3. The molecule has 3 heterocycles. The van der Waals surface area contributed by atoms with Gasteiger partial charge in [-0.1, -0.05) is 11.2 Å². The first-order valence-electron chi connectivity index (χ1n) is 10.7. The number of rotatable bonds is 7. The minimum absolute atomic E-state index is 0.143. The van der Waals surface area contributed by atoms with Crippen molar-refractivity contribution in [2.75, 3.05) is 14.2 Å². The second kappa shape index (κ2) is 8.86. The lowest BCUT2D eigenvalue weighted by Crippen LogP contribution is -1.99. The van der Waals surface area contributed by atoms with Crippen LogP contribution in [0.1, 0.15) is 22.6 Å². The smallest absolute Gasteiger partial charge is 0.192 e. The third kappa shape index (κ3) is 3.81. The summed E-state index contributed by atoms with van der Waals surface area (Å²) < 4.78 is 14.3. The van der Waals surface area contributed by atoms with Gasteiger partial charge in [-0.25, -0.2) is 14.5 Å². The number of hydrogen-bond donors (Lipinski definition) is 0. The summed E-state index contributed by atoms with van der Waals surface area (Å²) in [6.45, 7) is 4.28. The van der Waals surface area contributed by atoms with Gasteiger partial charge < -0.3 is 14.3 Å². The van der Waals surface area contributed by atoms with Crippen molar-refractivity contribution in [2.24, 2.45) is 5.16 Å². The third-order valence-electron chi connectivity index (χ3n) is 5.77. The van der Waals surface area contributed by atoms with Crippen LogP contribution in [0.4, 0.5) is 0 Å². The van der Waals surface area contributed by atoms with Crippen molar-refractivity contribution in [3.63, 3.8) is 0 Å². The summed E-state index contributed by atoms with van der Waals surface area (Å²) in [5.41, 5.74) is 5.59. The fourth-order valence-electron chi connectivity index (χ4n) is 3.91. The minimum atomic E-state index is 0.143. The molecule has 0 bridgehead atoms. The van der Waals surface area contributed by atoms with Gasteiger partial charge in [0.25, 0.3) is 0 Å². The van der Waals surface area contributed by atoms with E-state index in [0.717, 1.165) is 50.7 Å². The Labute approximate surface area is 196 Å². The SMILES string of the molecule is COc1ccc(/C=N/OCc2nc3c4c(C)c(C)n(-c5cccc(OC)c5)c4ncn3n2)cc1. The van der Waals surface area contributed by atoms with Crippen LogP contribution in [0.2, 0.25) is 0 Å². The fraction of sp³-hybridized carbons (Fsp3) is 0.200. The number of aromatic nitrogens is 5. The van der Waals surface area contributed by atoms with Crippen molar-refractivity contribution in [1.82, 2.24) is 24.1 Å². The minimum Gasteiger partial charge on any atom is -0.497 e. The Balaban J connectivity index is 1.44. The molecule has 0 atom stereocenters. The van der Waals surface area contributed by atoms with E-state index in [0.29, 0.717) is 5.82 Å². The summed E-state index contributed by atoms with van der Waals surface area (Å²) in [5, 5.41) is 9.49. The summed E-state index contributed by atoms with van der Waals surface area (Å²) in [6.07, 6.45) is 3.31. The summed E-state index contributed by atoms with van der Waals surface area (Å²) in [6, 6.07) is 15.4. The molecule has 0 saturated carbocycles. The summed E-state index contributed by atoms with van der Waals surface area (Å²) in [5.74, 6) is 2.10. The molecule has 5 aromatic rings. The molecule has 0 N–H and O–H groups in total. The molecule has 0 aliphatic rings. The van der Waals surface area contributed by atoms with E-state index in [1.807, 2.05) is 48.5 Å². The van der Waals surface area contributed by atoms with E-state index in [1.165, 1.54) is 0 Å². The average Bonchev–Trinajstić information content (AvgIpc) is 3.40. The van der Waals surface area contributed by atoms with Gasteiger partial charge in [0.1, 0.15) is 17.8 Å². The van der Waals surface area contributed by atoms with E-state index in [9.17, 15) is 0 Å². The third-order valence-corrected chi connectivity index (χ3v) is 5.77. The van der Waals surface area contributed by atoms with Crippen molar-refractivity contribution in [3.05, 3.63) is 77.5 Å².